The van der Waals surface area contributed by atoms with Crippen LogP contribution in [0.15, 0.2) is 109 Å². The van der Waals surface area contributed by atoms with E-state index < -0.39 is 5.97 Å². The molecule has 4 aromatic carbocycles. The fraction of sp³-hybridized carbons (Fsp3) is 0.263. The van der Waals surface area contributed by atoms with Gasteiger partial charge in [0.2, 0.25) is 5.91 Å². The minimum absolute atomic E-state index is 0.0374. The van der Waals surface area contributed by atoms with Crippen molar-refractivity contribution in [3.63, 3.8) is 0 Å². The second kappa shape index (κ2) is 14.5. The molecule has 1 aliphatic carbocycles. The number of hydrogen-bond acceptors (Lipinski definition) is 4. The van der Waals surface area contributed by atoms with Crippen molar-refractivity contribution in [2.24, 2.45) is 5.92 Å². The van der Waals surface area contributed by atoms with Gasteiger partial charge in [-0.1, -0.05) is 98.1 Å². The highest BCUT2D eigenvalue weighted by Crippen LogP contribution is 2.30. The lowest BCUT2D eigenvalue weighted by molar-refractivity contribution is -0.138. The van der Waals surface area contributed by atoms with E-state index in [2.05, 4.69) is 53.4 Å². The van der Waals surface area contributed by atoms with Crippen molar-refractivity contribution in [3.8, 4) is 11.1 Å². The summed E-state index contributed by atoms with van der Waals surface area (Å²) in [6.07, 6.45) is 8.45. The Balaban J connectivity index is 1.32. The first-order valence-corrected chi connectivity index (χ1v) is 15.1. The van der Waals surface area contributed by atoms with Crippen LogP contribution in [0.1, 0.15) is 48.8 Å². The van der Waals surface area contributed by atoms with Gasteiger partial charge in [0, 0.05) is 37.5 Å². The Kier molecular flexibility index (Phi) is 10.1. The number of anilines is 2. The van der Waals surface area contributed by atoms with Gasteiger partial charge in [0.25, 0.3) is 0 Å². The highest BCUT2D eigenvalue weighted by Gasteiger charge is 2.27. The maximum Gasteiger partial charge on any atom is 0.331 e. The fourth-order valence-corrected chi connectivity index (χ4v) is 5.54. The van der Waals surface area contributed by atoms with Gasteiger partial charge in [-0.2, -0.15) is 0 Å². The zero-order chi connectivity index (χ0) is 30.0. The molecule has 0 N–H and O–H groups in total. The Morgan fingerprint density at radius 1 is 0.744 bits per heavy atom. The van der Waals surface area contributed by atoms with Crippen molar-refractivity contribution in [3.05, 3.63) is 126 Å². The summed E-state index contributed by atoms with van der Waals surface area (Å²) in [5, 5.41) is 0. The molecule has 0 heterocycles. The zero-order valence-electron chi connectivity index (χ0n) is 25.1. The number of hydrogen-bond donors (Lipinski definition) is 0. The molecule has 0 aliphatic heterocycles. The highest BCUT2D eigenvalue weighted by molar-refractivity contribution is 5.95. The summed E-state index contributed by atoms with van der Waals surface area (Å²) in [5.41, 5.74) is 7.16. The Bertz CT molecular complexity index is 1520. The Morgan fingerprint density at radius 2 is 1.42 bits per heavy atom. The second-order valence-electron chi connectivity index (χ2n) is 11.4. The molecule has 1 aliphatic rings. The van der Waals surface area contributed by atoms with Crippen LogP contribution < -0.4 is 9.80 Å². The van der Waals surface area contributed by atoms with Crippen LogP contribution in [0.4, 0.5) is 11.4 Å². The third kappa shape index (κ3) is 8.23. The number of benzene rings is 4. The molecule has 0 atom stereocenters. The average molecular weight is 573 g/mol. The maximum atomic E-state index is 13.9. The van der Waals surface area contributed by atoms with Gasteiger partial charge >= 0.3 is 5.97 Å². The average Bonchev–Trinajstić information content (AvgIpc) is 3.06. The summed E-state index contributed by atoms with van der Waals surface area (Å²) < 4.78 is 5.39. The Labute approximate surface area is 255 Å². The van der Waals surface area contributed by atoms with Gasteiger partial charge < -0.3 is 14.5 Å². The standard InChI is InChI=1S/C38H40N2O3/c1-39(2)35-23-21-33(22-24-35)32-19-16-30(17-20-32)27-40(38(42)34-13-7-4-8-14-34)36-15-9-12-29(26-36)18-25-37(41)43-28-31-10-5-3-6-11-31/h3,5-6,9-12,15-26,34H,4,7-8,13-14,27-28H2,1-2H3/b25-18+. The number of carbonyl (C=O) groups excluding carboxylic acids is 2. The lowest BCUT2D eigenvalue weighted by Crippen LogP contribution is -2.36. The summed E-state index contributed by atoms with van der Waals surface area (Å²) >= 11 is 0. The number of rotatable bonds is 10. The largest absolute Gasteiger partial charge is 0.458 e. The van der Waals surface area contributed by atoms with Gasteiger partial charge in [-0.3, -0.25) is 4.79 Å². The first kappa shape index (κ1) is 29.8. The molecule has 220 valence electrons. The van der Waals surface area contributed by atoms with E-state index in [1.165, 1.54) is 18.2 Å². The molecule has 0 saturated heterocycles. The van der Waals surface area contributed by atoms with Gasteiger partial charge in [0.15, 0.2) is 0 Å². The quantitative estimate of drug-likeness (QED) is 0.142. The number of carbonyl (C=O) groups is 2. The summed E-state index contributed by atoms with van der Waals surface area (Å²) in [6.45, 7) is 0.718. The van der Waals surface area contributed by atoms with E-state index in [0.717, 1.165) is 59.2 Å². The molecule has 4 aromatic rings. The van der Waals surface area contributed by atoms with Crippen LogP contribution in [-0.4, -0.2) is 26.0 Å². The monoisotopic (exact) mass is 572 g/mol. The molecular weight excluding hydrogens is 532 g/mol. The van der Waals surface area contributed by atoms with Gasteiger partial charge in [-0.25, -0.2) is 4.79 Å². The van der Waals surface area contributed by atoms with Gasteiger partial charge in [-0.15, -0.1) is 0 Å². The number of amides is 1. The van der Waals surface area contributed by atoms with E-state index in [-0.39, 0.29) is 18.4 Å². The van der Waals surface area contributed by atoms with Crippen LogP contribution in [0, 0.1) is 5.92 Å². The normalized spacial score (nSPS) is 13.5. The predicted octanol–water partition coefficient (Wildman–Crippen LogP) is 8.29. The van der Waals surface area contributed by atoms with Crippen molar-refractivity contribution >= 4 is 29.3 Å². The van der Waals surface area contributed by atoms with Crippen molar-refractivity contribution in [1.29, 1.82) is 0 Å². The van der Waals surface area contributed by atoms with Crippen LogP contribution in [-0.2, 0) is 27.5 Å². The van der Waals surface area contributed by atoms with Gasteiger partial charge in [0.1, 0.15) is 6.61 Å². The number of nitrogens with zero attached hydrogens (tertiary/aromatic N) is 2. The van der Waals surface area contributed by atoms with Crippen LogP contribution in [0.25, 0.3) is 17.2 Å². The number of esters is 1. The van der Waals surface area contributed by atoms with Crippen LogP contribution in [0.2, 0.25) is 0 Å². The van der Waals surface area contributed by atoms with E-state index in [0.29, 0.717) is 6.54 Å². The third-order valence-electron chi connectivity index (χ3n) is 8.05. The SMILES string of the molecule is CN(C)c1ccc(-c2ccc(CN(C(=O)C3CCCCC3)c3cccc(/C=C/C(=O)OCc4ccccc4)c3)cc2)cc1. The first-order valence-electron chi connectivity index (χ1n) is 15.1. The van der Waals surface area contributed by atoms with E-state index in [1.54, 1.807) is 6.08 Å². The van der Waals surface area contributed by atoms with Crippen LogP contribution in [0.3, 0.4) is 0 Å². The first-order chi connectivity index (χ1) is 21.0. The summed E-state index contributed by atoms with van der Waals surface area (Å²) in [6, 6.07) is 34.5. The fourth-order valence-electron chi connectivity index (χ4n) is 5.54. The molecule has 1 saturated carbocycles. The lowest BCUT2D eigenvalue weighted by Gasteiger charge is -2.30. The molecule has 43 heavy (non-hydrogen) atoms. The molecule has 0 bridgehead atoms. The van der Waals surface area contributed by atoms with Gasteiger partial charge in [0.05, 0.1) is 6.54 Å². The zero-order valence-corrected chi connectivity index (χ0v) is 25.1. The summed E-state index contributed by atoms with van der Waals surface area (Å²) in [5.74, 6) is -0.192. The van der Waals surface area contributed by atoms with E-state index >= 15 is 0 Å². The highest BCUT2D eigenvalue weighted by atomic mass is 16.5. The van der Waals surface area contributed by atoms with Crippen LogP contribution >= 0.6 is 0 Å². The molecular formula is C38H40N2O3. The molecule has 5 heteroatoms. The molecule has 0 spiro atoms. The summed E-state index contributed by atoms with van der Waals surface area (Å²) in [4.78, 5) is 30.3. The summed E-state index contributed by atoms with van der Waals surface area (Å²) in [7, 11) is 4.08. The molecule has 5 nitrogen and oxygen atoms in total. The minimum Gasteiger partial charge on any atom is -0.458 e. The molecule has 5 rings (SSSR count). The second-order valence-corrected chi connectivity index (χ2v) is 11.4. The van der Waals surface area contributed by atoms with E-state index in [9.17, 15) is 9.59 Å². The van der Waals surface area contributed by atoms with E-state index in [4.69, 9.17) is 4.74 Å². The molecule has 1 amide bonds. The van der Waals surface area contributed by atoms with Crippen molar-refractivity contribution in [1.82, 2.24) is 0 Å². The third-order valence-corrected chi connectivity index (χ3v) is 8.05. The predicted molar refractivity (Wildman–Crippen MR) is 176 cm³/mol. The number of ether oxygens (including phenoxy) is 1. The Morgan fingerprint density at radius 3 is 2.09 bits per heavy atom. The topological polar surface area (TPSA) is 49.9 Å². The molecule has 1 fully saturated rings. The van der Waals surface area contributed by atoms with Crippen molar-refractivity contribution < 1.29 is 14.3 Å². The Hall–Kier alpha value is -4.64. The smallest absolute Gasteiger partial charge is 0.331 e. The molecule has 0 unspecified atom stereocenters. The van der Waals surface area contributed by atoms with Crippen LogP contribution in [0.5, 0.6) is 0 Å². The lowest BCUT2D eigenvalue weighted by atomic mass is 9.88. The van der Waals surface area contributed by atoms with Crippen molar-refractivity contribution in [2.45, 2.75) is 45.3 Å². The molecule has 0 aromatic heterocycles. The molecule has 0 radical (unpaired) electrons. The minimum atomic E-state index is -0.402. The maximum absolute atomic E-state index is 13.9. The van der Waals surface area contributed by atoms with Crippen molar-refractivity contribution in [2.75, 3.05) is 23.9 Å². The van der Waals surface area contributed by atoms with E-state index in [1.807, 2.05) is 73.6 Å². The van der Waals surface area contributed by atoms with Gasteiger partial charge in [-0.05, 0) is 71.0 Å².